The fourth-order valence-corrected chi connectivity index (χ4v) is 3.54. The van der Waals surface area contributed by atoms with Crippen LogP contribution in [0.15, 0.2) is 46.9 Å². The van der Waals surface area contributed by atoms with Crippen molar-refractivity contribution in [3.8, 4) is 0 Å². The average molecular weight is 351 g/mol. The molecular formula is C17H17BrClN. The molecule has 0 saturated heterocycles. The molecule has 0 aromatic heterocycles. The summed E-state index contributed by atoms with van der Waals surface area (Å²) in [6.45, 7) is 2.22. The first-order chi connectivity index (χ1) is 9.61. The van der Waals surface area contributed by atoms with Crippen LogP contribution in [0.1, 0.15) is 29.7 Å². The Balaban J connectivity index is 1.68. The highest BCUT2D eigenvalue weighted by Gasteiger charge is 2.23. The fourth-order valence-electron chi connectivity index (χ4n) is 2.93. The highest BCUT2D eigenvalue weighted by molar-refractivity contribution is 9.10. The van der Waals surface area contributed by atoms with Crippen molar-refractivity contribution in [1.29, 1.82) is 0 Å². The third kappa shape index (κ3) is 3.08. The number of hydrogen-bond acceptors (Lipinski definition) is 1. The molecule has 1 nitrogen and oxygen atoms in total. The van der Waals surface area contributed by atoms with E-state index in [2.05, 4.69) is 64.6 Å². The maximum Gasteiger partial charge on any atom is 0.0408 e. The summed E-state index contributed by atoms with van der Waals surface area (Å²) in [4.78, 5) is 0. The van der Waals surface area contributed by atoms with Gasteiger partial charge in [0.1, 0.15) is 0 Å². The molecule has 0 saturated carbocycles. The maximum atomic E-state index is 6.06. The Hall–Kier alpha value is -0.830. The Bertz CT molecular complexity index is 626. The van der Waals surface area contributed by atoms with Gasteiger partial charge in [-0.2, -0.15) is 0 Å². The second kappa shape index (κ2) is 5.88. The van der Waals surface area contributed by atoms with E-state index in [4.69, 9.17) is 11.6 Å². The average Bonchev–Trinajstić information content (AvgIpc) is 2.80. The van der Waals surface area contributed by atoms with Crippen molar-refractivity contribution >= 4 is 27.5 Å². The van der Waals surface area contributed by atoms with Crippen LogP contribution in [-0.2, 0) is 12.8 Å². The van der Waals surface area contributed by atoms with Gasteiger partial charge in [-0.1, -0.05) is 45.7 Å². The van der Waals surface area contributed by atoms with Gasteiger partial charge in [-0.15, -0.1) is 0 Å². The lowest BCUT2D eigenvalue weighted by atomic mass is 10.1. The second-order valence-corrected chi connectivity index (χ2v) is 6.81. The minimum atomic E-state index is 0.349. The van der Waals surface area contributed by atoms with Crippen molar-refractivity contribution in [2.24, 2.45) is 0 Å². The van der Waals surface area contributed by atoms with E-state index in [1.165, 1.54) is 16.7 Å². The predicted octanol–water partition coefficient (Wildman–Crippen LogP) is 4.92. The topological polar surface area (TPSA) is 12.0 Å². The van der Waals surface area contributed by atoms with Gasteiger partial charge in [-0.3, -0.25) is 0 Å². The quantitative estimate of drug-likeness (QED) is 0.828. The van der Waals surface area contributed by atoms with Crippen LogP contribution in [0.3, 0.4) is 0 Å². The summed E-state index contributed by atoms with van der Waals surface area (Å²) >= 11 is 9.60. The van der Waals surface area contributed by atoms with Gasteiger partial charge in [-0.05, 0) is 60.7 Å². The summed E-state index contributed by atoms with van der Waals surface area (Å²) in [5.41, 5.74) is 4.12. The van der Waals surface area contributed by atoms with Crippen LogP contribution in [0.5, 0.6) is 0 Å². The maximum absolute atomic E-state index is 6.06. The van der Waals surface area contributed by atoms with Gasteiger partial charge in [-0.25, -0.2) is 0 Å². The zero-order valence-corrected chi connectivity index (χ0v) is 13.7. The number of hydrogen-bond donors (Lipinski definition) is 1. The third-order valence-corrected chi connectivity index (χ3v) is 4.66. The van der Waals surface area contributed by atoms with Gasteiger partial charge >= 0.3 is 0 Å². The van der Waals surface area contributed by atoms with Crippen molar-refractivity contribution < 1.29 is 0 Å². The van der Waals surface area contributed by atoms with Crippen molar-refractivity contribution in [2.45, 2.75) is 31.8 Å². The van der Waals surface area contributed by atoms with Crippen LogP contribution in [0.25, 0.3) is 0 Å². The van der Waals surface area contributed by atoms with Crippen molar-refractivity contribution in [1.82, 2.24) is 5.32 Å². The Labute approximate surface area is 133 Å². The first-order valence-corrected chi connectivity index (χ1v) is 8.08. The molecule has 2 aromatic carbocycles. The van der Waals surface area contributed by atoms with E-state index in [-0.39, 0.29) is 0 Å². The lowest BCUT2D eigenvalue weighted by Gasteiger charge is -2.19. The first-order valence-electron chi connectivity index (χ1n) is 6.90. The molecule has 0 aliphatic heterocycles. The molecule has 1 aliphatic carbocycles. The van der Waals surface area contributed by atoms with Crippen LogP contribution in [0.4, 0.5) is 0 Å². The van der Waals surface area contributed by atoms with Crippen LogP contribution in [0, 0.1) is 0 Å². The molecule has 2 aromatic rings. The summed E-state index contributed by atoms with van der Waals surface area (Å²) in [5, 5.41) is 4.56. The normalized spacial score (nSPS) is 18.9. The van der Waals surface area contributed by atoms with Gasteiger partial charge in [0.15, 0.2) is 0 Å². The van der Waals surface area contributed by atoms with Gasteiger partial charge in [0.25, 0.3) is 0 Å². The van der Waals surface area contributed by atoms with E-state index in [0.29, 0.717) is 12.1 Å². The van der Waals surface area contributed by atoms with E-state index < -0.39 is 0 Å². The SMILES string of the molecule is C[C@@H](NC1Cc2ccc(Cl)cc2C1)c1cccc(Br)c1. The summed E-state index contributed by atoms with van der Waals surface area (Å²) in [6.07, 6.45) is 2.15. The molecule has 0 bridgehead atoms. The Morgan fingerprint density at radius 1 is 1.15 bits per heavy atom. The van der Waals surface area contributed by atoms with Crippen molar-refractivity contribution in [3.63, 3.8) is 0 Å². The molecular weight excluding hydrogens is 334 g/mol. The zero-order valence-electron chi connectivity index (χ0n) is 11.4. The molecule has 0 spiro atoms. The molecule has 20 heavy (non-hydrogen) atoms. The monoisotopic (exact) mass is 349 g/mol. The molecule has 0 heterocycles. The summed E-state index contributed by atoms with van der Waals surface area (Å²) < 4.78 is 1.13. The minimum absolute atomic E-state index is 0.349. The van der Waals surface area contributed by atoms with Crippen molar-refractivity contribution in [2.75, 3.05) is 0 Å². The Morgan fingerprint density at radius 3 is 2.75 bits per heavy atom. The molecule has 2 atom stereocenters. The van der Waals surface area contributed by atoms with Gasteiger partial charge in [0, 0.05) is 21.6 Å². The van der Waals surface area contributed by atoms with Gasteiger partial charge < -0.3 is 5.32 Å². The van der Waals surface area contributed by atoms with E-state index in [1.54, 1.807) is 0 Å². The fraction of sp³-hybridized carbons (Fsp3) is 0.294. The number of nitrogens with one attached hydrogen (secondary N) is 1. The lowest BCUT2D eigenvalue weighted by Crippen LogP contribution is -2.32. The van der Waals surface area contributed by atoms with Crippen LogP contribution in [-0.4, -0.2) is 6.04 Å². The molecule has 3 rings (SSSR count). The first kappa shape index (κ1) is 14.1. The summed E-state index contributed by atoms with van der Waals surface area (Å²) in [5.74, 6) is 0. The van der Waals surface area contributed by atoms with E-state index in [1.807, 2.05) is 6.07 Å². The molecule has 3 heteroatoms. The Kier molecular flexibility index (Phi) is 4.16. The summed E-state index contributed by atoms with van der Waals surface area (Å²) in [7, 11) is 0. The standard InChI is InChI=1S/C17H17BrClN/c1-11(12-3-2-4-15(18)7-12)20-17-9-13-5-6-16(19)8-14(13)10-17/h2-8,11,17,20H,9-10H2,1H3/t11-,17?/m1/s1. The molecule has 1 aliphatic rings. The third-order valence-electron chi connectivity index (χ3n) is 3.94. The molecule has 0 radical (unpaired) electrons. The highest BCUT2D eigenvalue weighted by Crippen LogP contribution is 2.27. The summed E-state index contributed by atoms with van der Waals surface area (Å²) in [6, 6.07) is 15.6. The minimum Gasteiger partial charge on any atom is -0.307 e. The molecule has 1 N–H and O–H groups in total. The lowest BCUT2D eigenvalue weighted by molar-refractivity contribution is 0.467. The predicted molar refractivity (Wildman–Crippen MR) is 88.3 cm³/mol. The number of fused-ring (bicyclic) bond motifs is 1. The van der Waals surface area contributed by atoms with E-state index in [0.717, 1.165) is 22.3 Å². The van der Waals surface area contributed by atoms with Crippen LogP contribution < -0.4 is 5.32 Å². The van der Waals surface area contributed by atoms with Crippen LogP contribution in [0.2, 0.25) is 5.02 Å². The molecule has 104 valence electrons. The smallest absolute Gasteiger partial charge is 0.0408 e. The number of halogens is 2. The second-order valence-electron chi connectivity index (χ2n) is 5.46. The van der Waals surface area contributed by atoms with Gasteiger partial charge in [0.2, 0.25) is 0 Å². The Morgan fingerprint density at radius 2 is 1.95 bits per heavy atom. The molecule has 1 unspecified atom stereocenters. The molecule has 0 fully saturated rings. The largest absolute Gasteiger partial charge is 0.307 e. The van der Waals surface area contributed by atoms with E-state index in [9.17, 15) is 0 Å². The number of benzene rings is 2. The van der Waals surface area contributed by atoms with E-state index >= 15 is 0 Å². The number of rotatable bonds is 3. The zero-order chi connectivity index (χ0) is 14.1. The van der Waals surface area contributed by atoms with Gasteiger partial charge in [0.05, 0.1) is 0 Å². The van der Waals surface area contributed by atoms with Crippen LogP contribution >= 0.6 is 27.5 Å². The van der Waals surface area contributed by atoms with Crippen molar-refractivity contribution in [3.05, 3.63) is 68.7 Å². The molecule has 0 amide bonds. The highest BCUT2D eigenvalue weighted by atomic mass is 79.9.